The molecule has 0 aliphatic rings. The van der Waals surface area contributed by atoms with Gasteiger partial charge in [0.1, 0.15) is 11.8 Å². The van der Waals surface area contributed by atoms with Crippen molar-refractivity contribution in [2.75, 3.05) is 12.4 Å². The van der Waals surface area contributed by atoms with Crippen LogP contribution in [0.25, 0.3) is 6.08 Å². The van der Waals surface area contributed by atoms with Crippen molar-refractivity contribution in [2.45, 2.75) is 13.0 Å². The van der Waals surface area contributed by atoms with Crippen molar-refractivity contribution in [3.63, 3.8) is 0 Å². The molecule has 0 bridgehead atoms. The normalized spacial score (nSPS) is 11.8. The molecular formula is C19H20N2O3. The van der Waals surface area contributed by atoms with Gasteiger partial charge in [0.05, 0.1) is 7.11 Å². The minimum Gasteiger partial charge on any atom is -0.497 e. The molecule has 0 aliphatic heterocycles. The second-order valence-corrected chi connectivity index (χ2v) is 5.19. The molecule has 5 nitrogen and oxygen atoms in total. The van der Waals surface area contributed by atoms with Crippen LogP contribution in [0.1, 0.15) is 12.5 Å². The predicted molar refractivity (Wildman–Crippen MR) is 94.7 cm³/mol. The van der Waals surface area contributed by atoms with Crippen molar-refractivity contribution < 1.29 is 14.3 Å². The summed E-state index contributed by atoms with van der Waals surface area (Å²) in [5.74, 6) is 0.0956. The maximum atomic E-state index is 12.1. The van der Waals surface area contributed by atoms with Gasteiger partial charge in [0.25, 0.3) is 0 Å². The zero-order chi connectivity index (χ0) is 17.4. The van der Waals surface area contributed by atoms with E-state index in [0.29, 0.717) is 11.4 Å². The van der Waals surface area contributed by atoms with Crippen molar-refractivity contribution in [1.82, 2.24) is 5.32 Å². The lowest BCUT2D eigenvalue weighted by Crippen LogP contribution is -2.40. The van der Waals surface area contributed by atoms with E-state index in [1.807, 2.05) is 30.3 Å². The highest BCUT2D eigenvalue weighted by molar-refractivity contribution is 5.99. The third kappa shape index (κ3) is 5.28. The van der Waals surface area contributed by atoms with Crippen LogP contribution in [0.5, 0.6) is 5.75 Å². The third-order valence-electron chi connectivity index (χ3n) is 3.34. The maximum absolute atomic E-state index is 12.1. The predicted octanol–water partition coefficient (Wildman–Crippen LogP) is 2.85. The molecule has 2 aromatic rings. The molecule has 24 heavy (non-hydrogen) atoms. The Kier molecular flexibility index (Phi) is 6.14. The van der Waals surface area contributed by atoms with Crippen molar-refractivity contribution in [3.05, 3.63) is 66.2 Å². The summed E-state index contributed by atoms with van der Waals surface area (Å²) in [7, 11) is 1.58. The van der Waals surface area contributed by atoms with E-state index in [2.05, 4.69) is 10.6 Å². The number of carbonyl (C=O) groups is 2. The summed E-state index contributed by atoms with van der Waals surface area (Å²) >= 11 is 0. The van der Waals surface area contributed by atoms with Gasteiger partial charge in [-0.3, -0.25) is 9.59 Å². The summed E-state index contributed by atoms with van der Waals surface area (Å²) in [6, 6.07) is 15.8. The number of benzene rings is 2. The van der Waals surface area contributed by atoms with Crippen LogP contribution >= 0.6 is 0 Å². The number of carbonyl (C=O) groups excluding carboxylic acids is 2. The second-order valence-electron chi connectivity index (χ2n) is 5.19. The fourth-order valence-corrected chi connectivity index (χ4v) is 1.99. The Balaban J connectivity index is 1.86. The fraction of sp³-hybridized carbons (Fsp3) is 0.158. The summed E-state index contributed by atoms with van der Waals surface area (Å²) in [6.45, 7) is 1.63. The SMILES string of the molecule is COc1ccc(NC(=O)[C@H](C)NC(=O)/C=C/c2ccccc2)cc1. The smallest absolute Gasteiger partial charge is 0.246 e. The van der Waals surface area contributed by atoms with Gasteiger partial charge in [-0.1, -0.05) is 30.3 Å². The fourth-order valence-electron chi connectivity index (χ4n) is 1.99. The van der Waals surface area contributed by atoms with Crippen LogP contribution in [-0.2, 0) is 9.59 Å². The monoisotopic (exact) mass is 324 g/mol. The Bertz CT molecular complexity index is 709. The Morgan fingerprint density at radius 1 is 1.04 bits per heavy atom. The molecule has 0 aromatic heterocycles. The lowest BCUT2D eigenvalue weighted by atomic mass is 10.2. The van der Waals surface area contributed by atoms with E-state index in [1.54, 1.807) is 44.4 Å². The van der Waals surface area contributed by atoms with Crippen LogP contribution in [0.3, 0.4) is 0 Å². The zero-order valence-corrected chi connectivity index (χ0v) is 13.7. The molecule has 124 valence electrons. The third-order valence-corrected chi connectivity index (χ3v) is 3.34. The van der Waals surface area contributed by atoms with Gasteiger partial charge in [0.2, 0.25) is 11.8 Å². The first kappa shape index (κ1) is 17.3. The molecule has 5 heteroatoms. The maximum Gasteiger partial charge on any atom is 0.246 e. The van der Waals surface area contributed by atoms with E-state index in [9.17, 15) is 9.59 Å². The van der Waals surface area contributed by atoms with Gasteiger partial charge in [0.15, 0.2) is 0 Å². The Hall–Kier alpha value is -3.08. The van der Waals surface area contributed by atoms with E-state index in [0.717, 1.165) is 5.56 Å². The molecule has 0 fully saturated rings. The van der Waals surface area contributed by atoms with Gasteiger partial charge in [-0.2, -0.15) is 0 Å². The average Bonchev–Trinajstić information content (AvgIpc) is 2.61. The van der Waals surface area contributed by atoms with Gasteiger partial charge >= 0.3 is 0 Å². The quantitative estimate of drug-likeness (QED) is 0.803. The summed E-state index contributed by atoms with van der Waals surface area (Å²) in [5, 5.41) is 5.37. The van der Waals surface area contributed by atoms with Gasteiger partial charge < -0.3 is 15.4 Å². The number of rotatable bonds is 6. The highest BCUT2D eigenvalue weighted by Crippen LogP contribution is 2.15. The molecule has 0 radical (unpaired) electrons. The van der Waals surface area contributed by atoms with E-state index in [-0.39, 0.29) is 11.8 Å². The molecule has 2 aromatic carbocycles. The highest BCUT2D eigenvalue weighted by atomic mass is 16.5. The van der Waals surface area contributed by atoms with Gasteiger partial charge in [-0.05, 0) is 42.8 Å². The Labute approximate surface area is 141 Å². The topological polar surface area (TPSA) is 67.4 Å². The van der Waals surface area contributed by atoms with E-state index in [4.69, 9.17) is 4.74 Å². The van der Waals surface area contributed by atoms with Crippen LogP contribution in [0.2, 0.25) is 0 Å². The first-order chi connectivity index (χ1) is 11.6. The largest absolute Gasteiger partial charge is 0.497 e. The lowest BCUT2D eigenvalue weighted by molar-refractivity contribution is -0.123. The zero-order valence-electron chi connectivity index (χ0n) is 13.7. The van der Waals surface area contributed by atoms with Gasteiger partial charge in [-0.15, -0.1) is 0 Å². The minimum absolute atomic E-state index is 0.290. The van der Waals surface area contributed by atoms with Gasteiger partial charge in [0, 0.05) is 11.8 Å². The van der Waals surface area contributed by atoms with Crippen LogP contribution in [0.15, 0.2) is 60.7 Å². The first-order valence-electron chi connectivity index (χ1n) is 7.57. The summed E-state index contributed by atoms with van der Waals surface area (Å²) in [5.41, 5.74) is 1.56. The molecule has 0 saturated carbocycles. The Morgan fingerprint density at radius 2 is 1.71 bits per heavy atom. The summed E-state index contributed by atoms with van der Waals surface area (Å²) in [4.78, 5) is 24.0. The van der Waals surface area contributed by atoms with Crippen LogP contribution in [0.4, 0.5) is 5.69 Å². The molecule has 1 atom stereocenters. The van der Waals surface area contributed by atoms with Gasteiger partial charge in [-0.25, -0.2) is 0 Å². The number of hydrogen-bond acceptors (Lipinski definition) is 3. The average molecular weight is 324 g/mol. The summed E-state index contributed by atoms with van der Waals surface area (Å²) < 4.78 is 5.06. The van der Waals surface area contributed by atoms with Crippen LogP contribution < -0.4 is 15.4 Å². The first-order valence-corrected chi connectivity index (χ1v) is 7.57. The van der Waals surface area contributed by atoms with Crippen molar-refractivity contribution >= 4 is 23.6 Å². The molecule has 0 heterocycles. The molecule has 2 N–H and O–H groups in total. The number of methoxy groups -OCH3 is 1. The van der Waals surface area contributed by atoms with Crippen molar-refractivity contribution in [2.24, 2.45) is 0 Å². The lowest BCUT2D eigenvalue weighted by Gasteiger charge is -2.13. The van der Waals surface area contributed by atoms with Crippen LogP contribution in [0, 0.1) is 0 Å². The van der Waals surface area contributed by atoms with E-state index >= 15 is 0 Å². The molecule has 0 aliphatic carbocycles. The molecule has 2 rings (SSSR count). The van der Waals surface area contributed by atoms with E-state index in [1.165, 1.54) is 6.08 Å². The second kappa shape index (κ2) is 8.53. The molecule has 2 amide bonds. The Morgan fingerprint density at radius 3 is 2.33 bits per heavy atom. The number of ether oxygens (including phenoxy) is 1. The van der Waals surface area contributed by atoms with E-state index < -0.39 is 6.04 Å². The minimum atomic E-state index is -0.653. The highest BCUT2D eigenvalue weighted by Gasteiger charge is 2.14. The number of anilines is 1. The van der Waals surface area contributed by atoms with Crippen LogP contribution in [-0.4, -0.2) is 25.0 Å². The number of amides is 2. The van der Waals surface area contributed by atoms with Crippen molar-refractivity contribution in [1.29, 1.82) is 0 Å². The molecular weight excluding hydrogens is 304 g/mol. The number of hydrogen-bond donors (Lipinski definition) is 2. The summed E-state index contributed by atoms with van der Waals surface area (Å²) in [6.07, 6.45) is 3.11. The number of nitrogens with one attached hydrogen (secondary N) is 2. The van der Waals surface area contributed by atoms with Crippen molar-refractivity contribution in [3.8, 4) is 5.75 Å². The molecule has 0 saturated heterocycles. The standard InChI is InChI=1S/C19H20N2O3/c1-14(19(23)21-16-9-11-17(24-2)12-10-16)20-18(22)13-8-15-6-4-3-5-7-15/h3-14H,1-2H3,(H,20,22)(H,21,23)/b13-8+/t14-/m0/s1. The molecule has 0 unspecified atom stereocenters. The molecule has 0 spiro atoms.